The fourth-order valence-corrected chi connectivity index (χ4v) is 2.95. The van der Waals surface area contributed by atoms with Crippen LogP contribution in [-0.4, -0.2) is 33.9 Å². The minimum absolute atomic E-state index is 0.211. The summed E-state index contributed by atoms with van der Waals surface area (Å²) in [5.74, 6) is 0.782. The third kappa shape index (κ3) is 3.39. The summed E-state index contributed by atoms with van der Waals surface area (Å²) in [6, 6.07) is 9.75. The van der Waals surface area contributed by atoms with E-state index in [1.54, 1.807) is 0 Å². The van der Waals surface area contributed by atoms with Crippen molar-refractivity contribution >= 4 is 11.6 Å². The number of aromatic nitrogens is 2. The molecule has 1 aromatic heterocycles. The molecule has 1 fully saturated rings. The first kappa shape index (κ1) is 14.4. The minimum atomic E-state index is 0.211. The predicted molar refractivity (Wildman–Crippen MR) is 83.7 cm³/mol. The van der Waals surface area contributed by atoms with Gasteiger partial charge in [-0.05, 0) is 31.5 Å². The topological polar surface area (TPSA) is 30.3 Å². The Morgan fingerprint density at radius 2 is 2.19 bits per heavy atom. The van der Waals surface area contributed by atoms with Gasteiger partial charge < -0.3 is 4.74 Å². The number of para-hydroxylation sites is 1. The van der Waals surface area contributed by atoms with E-state index in [9.17, 15) is 0 Å². The Balaban J connectivity index is 1.57. The zero-order valence-electron chi connectivity index (χ0n) is 12.2. The van der Waals surface area contributed by atoms with Crippen molar-refractivity contribution in [2.75, 3.05) is 13.1 Å². The van der Waals surface area contributed by atoms with Crippen LogP contribution in [0.2, 0.25) is 5.02 Å². The number of ether oxygens (including phenoxy) is 1. The maximum absolute atomic E-state index is 6.14. The quantitative estimate of drug-likeness (QED) is 0.850. The van der Waals surface area contributed by atoms with Crippen LogP contribution in [0.25, 0.3) is 0 Å². The van der Waals surface area contributed by atoms with E-state index in [0.717, 1.165) is 38.3 Å². The van der Waals surface area contributed by atoms with Crippen LogP contribution in [0.3, 0.4) is 0 Å². The summed E-state index contributed by atoms with van der Waals surface area (Å²) < 4.78 is 8.06. The number of benzene rings is 1. The van der Waals surface area contributed by atoms with Crippen LogP contribution in [0.5, 0.6) is 5.75 Å². The molecule has 5 heteroatoms. The van der Waals surface area contributed by atoms with E-state index in [1.807, 2.05) is 35.1 Å². The van der Waals surface area contributed by atoms with Gasteiger partial charge in [0, 0.05) is 32.4 Å². The molecule has 1 aromatic carbocycles. The van der Waals surface area contributed by atoms with E-state index in [-0.39, 0.29) is 6.10 Å². The molecule has 0 aliphatic carbocycles. The highest BCUT2D eigenvalue weighted by atomic mass is 35.5. The van der Waals surface area contributed by atoms with Crippen LogP contribution in [0.4, 0.5) is 0 Å². The second-order valence-electron chi connectivity index (χ2n) is 5.33. The van der Waals surface area contributed by atoms with E-state index in [1.165, 1.54) is 5.69 Å². The van der Waals surface area contributed by atoms with Crippen molar-refractivity contribution < 1.29 is 4.74 Å². The van der Waals surface area contributed by atoms with Gasteiger partial charge in [-0.2, -0.15) is 5.10 Å². The van der Waals surface area contributed by atoms with Gasteiger partial charge >= 0.3 is 0 Å². The Kier molecular flexibility index (Phi) is 4.46. The Morgan fingerprint density at radius 3 is 3.00 bits per heavy atom. The largest absolute Gasteiger partial charge is 0.487 e. The van der Waals surface area contributed by atoms with Gasteiger partial charge in [0.05, 0.1) is 10.7 Å². The average Bonchev–Trinajstić information content (AvgIpc) is 3.11. The monoisotopic (exact) mass is 305 g/mol. The third-order valence-electron chi connectivity index (χ3n) is 3.85. The lowest BCUT2D eigenvalue weighted by molar-refractivity contribution is 0.197. The first-order valence-corrected chi connectivity index (χ1v) is 7.78. The SMILES string of the molecule is CCn1nccc1CN1CCC(Oc2ccccc2Cl)C1. The molecule has 0 spiro atoms. The van der Waals surface area contributed by atoms with Crippen molar-refractivity contribution in [3.63, 3.8) is 0 Å². The first-order valence-electron chi connectivity index (χ1n) is 7.40. The van der Waals surface area contributed by atoms with Crippen LogP contribution in [0.15, 0.2) is 36.5 Å². The molecule has 2 heterocycles. The van der Waals surface area contributed by atoms with E-state index < -0.39 is 0 Å². The Morgan fingerprint density at radius 1 is 1.33 bits per heavy atom. The molecule has 21 heavy (non-hydrogen) atoms. The third-order valence-corrected chi connectivity index (χ3v) is 4.16. The molecule has 1 atom stereocenters. The molecule has 0 saturated carbocycles. The van der Waals surface area contributed by atoms with Crippen LogP contribution < -0.4 is 4.74 Å². The molecule has 0 N–H and O–H groups in total. The van der Waals surface area contributed by atoms with Gasteiger partial charge in [0.15, 0.2) is 0 Å². The van der Waals surface area contributed by atoms with E-state index in [2.05, 4.69) is 23.0 Å². The predicted octanol–water partition coefficient (Wildman–Crippen LogP) is 3.21. The molecule has 112 valence electrons. The summed E-state index contributed by atoms with van der Waals surface area (Å²) in [6.45, 7) is 5.93. The van der Waals surface area contributed by atoms with Crippen LogP contribution >= 0.6 is 11.6 Å². The number of hydrogen-bond acceptors (Lipinski definition) is 3. The molecule has 1 unspecified atom stereocenters. The molecule has 3 rings (SSSR count). The summed E-state index contributed by atoms with van der Waals surface area (Å²) >= 11 is 6.14. The van der Waals surface area contributed by atoms with E-state index in [4.69, 9.17) is 16.3 Å². The summed E-state index contributed by atoms with van der Waals surface area (Å²) in [6.07, 6.45) is 3.11. The number of rotatable bonds is 5. The molecule has 0 bridgehead atoms. The highest BCUT2D eigenvalue weighted by Gasteiger charge is 2.25. The second-order valence-corrected chi connectivity index (χ2v) is 5.74. The molecule has 0 radical (unpaired) electrons. The molecule has 0 amide bonds. The van der Waals surface area contributed by atoms with Crippen molar-refractivity contribution in [3.05, 3.63) is 47.2 Å². The number of aryl methyl sites for hydroxylation is 1. The number of hydrogen-bond donors (Lipinski definition) is 0. The average molecular weight is 306 g/mol. The Labute approximate surface area is 130 Å². The maximum Gasteiger partial charge on any atom is 0.138 e. The Hall–Kier alpha value is -1.52. The highest BCUT2D eigenvalue weighted by molar-refractivity contribution is 6.32. The van der Waals surface area contributed by atoms with Gasteiger partial charge in [-0.3, -0.25) is 9.58 Å². The summed E-state index contributed by atoms with van der Waals surface area (Å²) in [4.78, 5) is 2.41. The second kappa shape index (κ2) is 6.50. The smallest absolute Gasteiger partial charge is 0.138 e. The number of likely N-dealkylation sites (tertiary alicyclic amines) is 1. The highest BCUT2D eigenvalue weighted by Crippen LogP contribution is 2.26. The summed E-state index contributed by atoms with van der Waals surface area (Å²) in [7, 11) is 0. The molecule has 4 nitrogen and oxygen atoms in total. The molecular weight excluding hydrogens is 286 g/mol. The lowest BCUT2D eigenvalue weighted by Gasteiger charge is -2.17. The van der Waals surface area contributed by atoms with Gasteiger partial charge in [0.2, 0.25) is 0 Å². The zero-order chi connectivity index (χ0) is 14.7. The van der Waals surface area contributed by atoms with Crippen molar-refractivity contribution in [1.29, 1.82) is 0 Å². The van der Waals surface area contributed by atoms with Gasteiger partial charge in [-0.25, -0.2) is 0 Å². The standard InChI is InChI=1S/C16H20ClN3O/c1-2-20-13(7-9-18-20)11-19-10-8-14(12-19)21-16-6-4-3-5-15(16)17/h3-7,9,14H,2,8,10-12H2,1H3. The van der Waals surface area contributed by atoms with Crippen molar-refractivity contribution in [1.82, 2.24) is 14.7 Å². The van der Waals surface area contributed by atoms with Gasteiger partial charge in [-0.1, -0.05) is 23.7 Å². The van der Waals surface area contributed by atoms with Crippen LogP contribution in [0, 0.1) is 0 Å². The Bertz CT molecular complexity index is 599. The molecular formula is C16H20ClN3O. The summed E-state index contributed by atoms with van der Waals surface area (Å²) in [5, 5.41) is 5.00. The lowest BCUT2D eigenvalue weighted by Crippen LogP contribution is -2.25. The van der Waals surface area contributed by atoms with Gasteiger partial charge in [-0.15, -0.1) is 0 Å². The van der Waals surface area contributed by atoms with Crippen molar-refractivity contribution in [2.45, 2.75) is 32.5 Å². The molecule has 1 saturated heterocycles. The molecule has 2 aromatic rings. The lowest BCUT2D eigenvalue weighted by atomic mass is 10.3. The fraction of sp³-hybridized carbons (Fsp3) is 0.438. The summed E-state index contributed by atoms with van der Waals surface area (Å²) in [5.41, 5.74) is 1.26. The molecule has 1 aliphatic heterocycles. The number of nitrogens with zero attached hydrogens (tertiary/aromatic N) is 3. The minimum Gasteiger partial charge on any atom is -0.487 e. The first-order chi connectivity index (χ1) is 10.3. The van der Waals surface area contributed by atoms with E-state index >= 15 is 0 Å². The maximum atomic E-state index is 6.14. The van der Waals surface area contributed by atoms with Crippen molar-refractivity contribution in [3.8, 4) is 5.75 Å². The van der Waals surface area contributed by atoms with E-state index in [0.29, 0.717) is 5.02 Å². The molecule has 1 aliphatic rings. The zero-order valence-corrected chi connectivity index (χ0v) is 13.0. The normalized spacial score (nSPS) is 19.0. The van der Waals surface area contributed by atoms with Gasteiger partial charge in [0.1, 0.15) is 11.9 Å². The van der Waals surface area contributed by atoms with Crippen molar-refractivity contribution in [2.24, 2.45) is 0 Å². The van der Waals surface area contributed by atoms with Gasteiger partial charge in [0.25, 0.3) is 0 Å². The van der Waals surface area contributed by atoms with Crippen LogP contribution in [-0.2, 0) is 13.1 Å². The fourth-order valence-electron chi connectivity index (χ4n) is 2.76. The number of halogens is 1. The van der Waals surface area contributed by atoms with Crippen LogP contribution in [0.1, 0.15) is 19.0 Å².